The fourth-order valence-corrected chi connectivity index (χ4v) is 3.44. The molecule has 18 heavy (non-hydrogen) atoms. The van der Waals surface area contributed by atoms with Crippen LogP contribution in [-0.2, 0) is 0 Å². The Morgan fingerprint density at radius 3 is 2.44 bits per heavy atom. The first-order valence-electron chi connectivity index (χ1n) is 7.84. The van der Waals surface area contributed by atoms with Gasteiger partial charge in [0.05, 0.1) is 0 Å². The number of hydrogen-bond acceptors (Lipinski definition) is 3. The largest absolute Gasteiger partial charge is 0.313 e. The second-order valence-corrected chi connectivity index (χ2v) is 6.47. The van der Waals surface area contributed by atoms with Gasteiger partial charge in [-0.25, -0.2) is 0 Å². The topological polar surface area (TPSA) is 18.5 Å². The lowest BCUT2D eigenvalue weighted by Crippen LogP contribution is -2.52. The van der Waals surface area contributed by atoms with Crippen molar-refractivity contribution in [3.05, 3.63) is 0 Å². The first-order valence-corrected chi connectivity index (χ1v) is 7.84. The molecule has 106 valence electrons. The third kappa shape index (κ3) is 3.94. The maximum absolute atomic E-state index is 3.70. The Labute approximate surface area is 113 Å². The summed E-state index contributed by atoms with van der Waals surface area (Å²) in [4.78, 5) is 5.23. The molecule has 2 heterocycles. The van der Waals surface area contributed by atoms with Gasteiger partial charge in [0.25, 0.3) is 0 Å². The molecule has 0 aromatic rings. The molecule has 0 amide bonds. The standard InChI is InChI=1S/C15H31N3/c1-13(2)18(12-14-6-4-5-9-16-14)15-7-10-17(3)11-8-15/h13-16H,4-12H2,1-3H3. The zero-order chi connectivity index (χ0) is 13.0. The van der Waals surface area contributed by atoms with Crippen LogP contribution >= 0.6 is 0 Å². The van der Waals surface area contributed by atoms with E-state index in [1.165, 1.54) is 58.3 Å². The zero-order valence-corrected chi connectivity index (χ0v) is 12.5. The van der Waals surface area contributed by atoms with Gasteiger partial charge < -0.3 is 10.2 Å². The first kappa shape index (κ1) is 14.3. The van der Waals surface area contributed by atoms with Gasteiger partial charge in [0, 0.05) is 24.7 Å². The molecule has 2 aliphatic rings. The van der Waals surface area contributed by atoms with Crippen molar-refractivity contribution in [3.63, 3.8) is 0 Å². The lowest BCUT2D eigenvalue weighted by molar-refractivity contribution is 0.0804. The molecular weight excluding hydrogens is 222 g/mol. The van der Waals surface area contributed by atoms with Crippen LogP contribution in [0.5, 0.6) is 0 Å². The number of nitrogens with one attached hydrogen (secondary N) is 1. The van der Waals surface area contributed by atoms with Crippen LogP contribution < -0.4 is 5.32 Å². The first-order chi connectivity index (χ1) is 8.66. The van der Waals surface area contributed by atoms with Crippen LogP contribution in [0.3, 0.4) is 0 Å². The van der Waals surface area contributed by atoms with E-state index in [-0.39, 0.29) is 0 Å². The van der Waals surface area contributed by atoms with Crippen molar-refractivity contribution in [1.29, 1.82) is 0 Å². The van der Waals surface area contributed by atoms with Crippen molar-refractivity contribution in [3.8, 4) is 0 Å². The van der Waals surface area contributed by atoms with Gasteiger partial charge in [-0.1, -0.05) is 6.42 Å². The van der Waals surface area contributed by atoms with Crippen molar-refractivity contribution in [1.82, 2.24) is 15.1 Å². The average molecular weight is 253 g/mol. The summed E-state index contributed by atoms with van der Waals surface area (Å²) in [6.45, 7) is 9.75. The van der Waals surface area contributed by atoms with Crippen LogP contribution in [-0.4, -0.2) is 61.2 Å². The number of likely N-dealkylation sites (tertiary alicyclic amines) is 1. The highest BCUT2D eigenvalue weighted by atomic mass is 15.2. The summed E-state index contributed by atoms with van der Waals surface area (Å²) in [5, 5.41) is 3.70. The van der Waals surface area contributed by atoms with Crippen LogP contribution in [0.15, 0.2) is 0 Å². The van der Waals surface area contributed by atoms with Gasteiger partial charge in [-0.15, -0.1) is 0 Å². The van der Waals surface area contributed by atoms with E-state index < -0.39 is 0 Å². The Bertz CT molecular complexity index is 228. The molecule has 0 aromatic carbocycles. The van der Waals surface area contributed by atoms with E-state index in [0.717, 1.165) is 12.1 Å². The van der Waals surface area contributed by atoms with Crippen molar-refractivity contribution in [2.24, 2.45) is 0 Å². The Balaban J connectivity index is 1.86. The predicted octanol–water partition coefficient (Wildman–Crippen LogP) is 1.93. The van der Waals surface area contributed by atoms with Crippen LogP contribution in [0.2, 0.25) is 0 Å². The number of rotatable bonds is 4. The maximum atomic E-state index is 3.70. The van der Waals surface area contributed by atoms with E-state index in [4.69, 9.17) is 0 Å². The summed E-state index contributed by atoms with van der Waals surface area (Å²) >= 11 is 0. The van der Waals surface area contributed by atoms with Gasteiger partial charge in [0.2, 0.25) is 0 Å². The summed E-state index contributed by atoms with van der Waals surface area (Å²) < 4.78 is 0. The van der Waals surface area contributed by atoms with Crippen molar-refractivity contribution >= 4 is 0 Å². The van der Waals surface area contributed by atoms with E-state index in [2.05, 4.69) is 36.0 Å². The van der Waals surface area contributed by atoms with Crippen molar-refractivity contribution < 1.29 is 0 Å². The lowest BCUT2D eigenvalue weighted by atomic mass is 9.98. The molecule has 0 spiro atoms. The molecule has 0 aliphatic carbocycles. The fraction of sp³-hybridized carbons (Fsp3) is 1.00. The van der Waals surface area contributed by atoms with E-state index in [1.54, 1.807) is 0 Å². The highest BCUT2D eigenvalue weighted by molar-refractivity contribution is 4.85. The molecule has 2 aliphatic heterocycles. The van der Waals surface area contributed by atoms with E-state index >= 15 is 0 Å². The minimum atomic E-state index is 0.683. The van der Waals surface area contributed by atoms with Crippen LogP contribution in [0.1, 0.15) is 46.0 Å². The second-order valence-electron chi connectivity index (χ2n) is 6.47. The molecule has 1 unspecified atom stereocenters. The monoisotopic (exact) mass is 253 g/mol. The average Bonchev–Trinajstić information content (AvgIpc) is 2.38. The molecule has 0 saturated carbocycles. The minimum Gasteiger partial charge on any atom is -0.313 e. The van der Waals surface area contributed by atoms with Crippen LogP contribution in [0.25, 0.3) is 0 Å². The second kappa shape index (κ2) is 6.88. The van der Waals surface area contributed by atoms with Crippen molar-refractivity contribution in [2.45, 2.75) is 64.1 Å². The highest BCUT2D eigenvalue weighted by Crippen LogP contribution is 2.20. The van der Waals surface area contributed by atoms with Gasteiger partial charge in [0.15, 0.2) is 0 Å². The highest BCUT2D eigenvalue weighted by Gasteiger charge is 2.27. The number of hydrogen-bond donors (Lipinski definition) is 1. The molecule has 2 rings (SSSR count). The van der Waals surface area contributed by atoms with Gasteiger partial charge in [0.1, 0.15) is 0 Å². The molecular formula is C15H31N3. The summed E-state index contributed by atoms with van der Waals surface area (Å²) in [6.07, 6.45) is 6.85. The smallest absolute Gasteiger partial charge is 0.0195 e. The van der Waals surface area contributed by atoms with E-state index in [0.29, 0.717) is 6.04 Å². The molecule has 2 fully saturated rings. The summed E-state index contributed by atoms with van der Waals surface area (Å²) in [6, 6.07) is 2.23. The summed E-state index contributed by atoms with van der Waals surface area (Å²) in [5.74, 6) is 0. The summed E-state index contributed by atoms with van der Waals surface area (Å²) in [7, 11) is 2.25. The molecule has 2 saturated heterocycles. The van der Waals surface area contributed by atoms with Gasteiger partial charge in [-0.05, 0) is 66.2 Å². The lowest BCUT2D eigenvalue weighted by Gasteiger charge is -2.42. The predicted molar refractivity (Wildman–Crippen MR) is 78.0 cm³/mol. The summed E-state index contributed by atoms with van der Waals surface area (Å²) in [5.41, 5.74) is 0. The van der Waals surface area contributed by atoms with Crippen LogP contribution in [0, 0.1) is 0 Å². The molecule has 0 bridgehead atoms. The molecule has 1 atom stereocenters. The van der Waals surface area contributed by atoms with Gasteiger partial charge in [-0.3, -0.25) is 4.90 Å². The number of nitrogens with zero attached hydrogens (tertiary/aromatic N) is 2. The molecule has 3 nitrogen and oxygen atoms in total. The van der Waals surface area contributed by atoms with E-state index in [9.17, 15) is 0 Å². The SMILES string of the molecule is CC(C)N(CC1CCCCN1)C1CCN(C)CC1. The van der Waals surface area contributed by atoms with Gasteiger partial charge >= 0.3 is 0 Å². The molecule has 0 aromatic heterocycles. The maximum Gasteiger partial charge on any atom is 0.0195 e. The minimum absolute atomic E-state index is 0.683. The quantitative estimate of drug-likeness (QED) is 0.826. The molecule has 3 heteroatoms. The molecule has 1 N–H and O–H groups in total. The number of piperidine rings is 2. The Kier molecular flexibility index (Phi) is 5.46. The zero-order valence-electron chi connectivity index (χ0n) is 12.5. The Morgan fingerprint density at radius 1 is 1.17 bits per heavy atom. The fourth-order valence-electron chi connectivity index (χ4n) is 3.44. The van der Waals surface area contributed by atoms with Crippen LogP contribution in [0.4, 0.5) is 0 Å². The van der Waals surface area contributed by atoms with E-state index in [1.807, 2.05) is 0 Å². The van der Waals surface area contributed by atoms with Crippen molar-refractivity contribution in [2.75, 3.05) is 33.2 Å². The Hall–Kier alpha value is -0.120. The van der Waals surface area contributed by atoms with Gasteiger partial charge in [-0.2, -0.15) is 0 Å². The molecule has 0 radical (unpaired) electrons. The normalized spacial score (nSPS) is 28.2. The third-order valence-electron chi connectivity index (χ3n) is 4.66. The Morgan fingerprint density at radius 2 is 1.89 bits per heavy atom. The third-order valence-corrected chi connectivity index (χ3v) is 4.66.